The van der Waals surface area contributed by atoms with E-state index in [1.807, 2.05) is 15.9 Å². The van der Waals surface area contributed by atoms with E-state index in [-0.39, 0.29) is 6.03 Å². The van der Waals surface area contributed by atoms with Gasteiger partial charge in [0.1, 0.15) is 5.65 Å². The van der Waals surface area contributed by atoms with E-state index in [9.17, 15) is 4.79 Å². The molecule has 23 heavy (non-hydrogen) atoms. The number of amides is 2. The Balaban J connectivity index is 1.47. The molecule has 120 valence electrons. The normalized spacial score (nSPS) is 19.0. The molecule has 0 bridgehead atoms. The highest BCUT2D eigenvalue weighted by atomic mass is 16.5. The number of morpholine rings is 1. The number of aromatic nitrogens is 2. The van der Waals surface area contributed by atoms with Crippen LogP contribution in [0.5, 0.6) is 0 Å². The van der Waals surface area contributed by atoms with Crippen LogP contribution >= 0.6 is 0 Å². The number of hydrogen-bond acceptors (Lipinski definition) is 3. The lowest BCUT2D eigenvalue weighted by Gasteiger charge is -2.34. The number of pyridine rings is 1. The predicted molar refractivity (Wildman–Crippen MR) is 88.0 cm³/mol. The highest BCUT2D eigenvalue weighted by Gasteiger charge is 2.24. The lowest BCUT2D eigenvalue weighted by atomic mass is 10.1. The highest BCUT2D eigenvalue weighted by molar-refractivity contribution is 5.82. The summed E-state index contributed by atoms with van der Waals surface area (Å²) in [5, 5.41) is 1.12. The topological polar surface area (TPSA) is 61.5 Å². The molecule has 0 spiro atoms. The van der Waals surface area contributed by atoms with Gasteiger partial charge in [-0.2, -0.15) is 0 Å². The van der Waals surface area contributed by atoms with Crippen molar-refractivity contribution in [1.29, 1.82) is 0 Å². The summed E-state index contributed by atoms with van der Waals surface area (Å²) in [5.74, 6) is 0. The summed E-state index contributed by atoms with van der Waals surface area (Å²) in [6.45, 7) is 4.09. The van der Waals surface area contributed by atoms with E-state index in [1.54, 1.807) is 6.20 Å². The summed E-state index contributed by atoms with van der Waals surface area (Å²) < 4.78 is 5.31. The van der Waals surface area contributed by atoms with Crippen LogP contribution in [0, 0.1) is 0 Å². The maximum atomic E-state index is 12.5. The fraction of sp³-hybridized carbons (Fsp3) is 0.412. The van der Waals surface area contributed by atoms with Crippen molar-refractivity contribution in [3.63, 3.8) is 0 Å². The van der Waals surface area contributed by atoms with Gasteiger partial charge in [-0.15, -0.1) is 0 Å². The van der Waals surface area contributed by atoms with Gasteiger partial charge in [0.25, 0.3) is 0 Å². The number of carbonyl (C=O) groups is 1. The minimum absolute atomic E-state index is 0.127. The number of ether oxygens (including phenoxy) is 1. The Morgan fingerprint density at radius 1 is 1.22 bits per heavy atom. The number of aromatic amines is 1. The zero-order valence-electron chi connectivity index (χ0n) is 13.0. The molecule has 0 aromatic carbocycles. The molecule has 1 fully saturated rings. The molecule has 0 saturated carbocycles. The minimum Gasteiger partial charge on any atom is -0.378 e. The molecule has 6 nitrogen and oxygen atoms in total. The Kier molecular flexibility index (Phi) is 3.75. The van der Waals surface area contributed by atoms with Crippen molar-refractivity contribution in [3.05, 3.63) is 36.2 Å². The molecule has 1 saturated heterocycles. The molecule has 4 heterocycles. The standard InChI is InChI=1S/C17H20N4O2/c22-17(21-8-10-23-11-9-21)20-6-3-13(4-7-20)15-12-14-2-1-5-18-16(14)19-15/h1-3,5,12H,4,6-11H2,(H,18,19). The minimum atomic E-state index is 0.127. The number of carbonyl (C=O) groups excluding carboxylic acids is 1. The molecule has 0 aliphatic carbocycles. The first-order chi connectivity index (χ1) is 11.3. The summed E-state index contributed by atoms with van der Waals surface area (Å²) in [4.78, 5) is 24.0. The van der Waals surface area contributed by atoms with E-state index in [1.165, 1.54) is 5.57 Å². The molecular formula is C17H20N4O2. The fourth-order valence-corrected chi connectivity index (χ4v) is 3.17. The van der Waals surface area contributed by atoms with E-state index >= 15 is 0 Å². The molecule has 4 rings (SSSR count). The molecule has 2 amide bonds. The molecule has 6 heteroatoms. The lowest BCUT2D eigenvalue weighted by molar-refractivity contribution is 0.0441. The fourth-order valence-electron chi connectivity index (χ4n) is 3.17. The molecule has 0 unspecified atom stereocenters. The first-order valence-electron chi connectivity index (χ1n) is 8.06. The first kappa shape index (κ1) is 14.3. The van der Waals surface area contributed by atoms with Crippen LogP contribution in [-0.4, -0.2) is 65.2 Å². The van der Waals surface area contributed by atoms with Crippen LogP contribution in [0.1, 0.15) is 12.1 Å². The van der Waals surface area contributed by atoms with Crippen molar-refractivity contribution in [3.8, 4) is 0 Å². The zero-order valence-corrected chi connectivity index (χ0v) is 13.0. The molecule has 2 aromatic rings. The molecule has 2 aromatic heterocycles. The van der Waals surface area contributed by atoms with Crippen LogP contribution in [-0.2, 0) is 4.74 Å². The Morgan fingerprint density at radius 2 is 2.09 bits per heavy atom. The van der Waals surface area contributed by atoms with Crippen molar-refractivity contribution in [2.24, 2.45) is 0 Å². The molecule has 0 atom stereocenters. The van der Waals surface area contributed by atoms with Gasteiger partial charge in [-0.25, -0.2) is 9.78 Å². The van der Waals surface area contributed by atoms with Gasteiger partial charge in [-0.05, 0) is 30.2 Å². The Bertz CT molecular complexity index is 713. The number of fused-ring (bicyclic) bond motifs is 1. The van der Waals surface area contributed by atoms with Crippen LogP contribution in [0.15, 0.2) is 30.5 Å². The summed E-state index contributed by atoms with van der Waals surface area (Å²) in [7, 11) is 0. The number of urea groups is 1. The lowest BCUT2D eigenvalue weighted by Crippen LogP contribution is -2.49. The summed E-state index contributed by atoms with van der Waals surface area (Å²) >= 11 is 0. The van der Waals surface area contributed by atoms with E-state index in [0.717, 1.165) is 29.7 Å². The van der Waals surface area contributed by atoms with Crippen molar-refractivity contribution in [2.75, 3.05) is 39.4 Å². The van der Waals surface area contributed by atoms with Crippen LogP contribution in [0.3, 0.4) is 0 Å². The van der Waals surface area contributed by atoms with Crippen LogP contribution in [0.25, 0.3) is 16.6 Å². The van der Waals surface area contributed by atoms with E-state index in [4.69, 9.17) is 4.74 Å². The van der Waals surface area contributed by atoms with Crippen LogP contribution in [0.2, 0.25) is 0 Å². The zero-order chi connectivity index (χ0) is 15.6. The third-order valence-electron chi connectivity index (χ3n) is 4.50. The second kappa shape index (κ2) is 6.04. The maximum Gasteiger partial charge on any atom is 0.320 e. The van der Waals surface area contributed by atoms with E-state index in [2.05, 4.69) is 28.2 Å². The van der Waals surface area contributed by atoms with Crippen molar-refractivity contribution < 1.29 is 9.53 Å². The quantitative estimate of drug-likeness (QED) is 0.877. The van der Waals surface area contributed by atoms with Gasteiger partial charge in [0.2, 0.25) is 0 Å². The Labute approximate surface area is 134 Å². The van der Waals surface area contributed by atoms with Gasteiger partial charge in [0.05, 0.1) is 13.2 Å². The van der Waals surface area contributed by atoms with Gasteiger partial charge in [-0.3, -0.25) is 0 Å². The summed E-state index contributed by atoms with van der Waals surface area (Å²) in [6.07, 6.45) is 4.80. The number of rotatable bonds is 1. The monoisotopic (exact) mass is 312 g/mol. The van der Waals surface area contributed by atoms with Gasteiger partial charge < -0.3 is 19.5 Å². The smallest absolute Gasteiger partial charge is 0.320 e. The van der Waals surface area contributed by atoms with Crippen molar-refractivity contribution in [1.82, 2.24) is 19.8 Å². The van der Waals surface area contributed by atoms with Gasteiger partial charge in [-0.1, -0.05) is 6.08 Å². The van der Waals surface area contributed by atoms with Crippen LogP contribution in [0.4, 0.5) is 4.79 Å². The van der Waals surface area contributed by atoms with E-state index < -0.39 is 0 Å². The average Bonchev–Trinajstić information content (AvgIpc) is 3.06. The third kappa shape index (κ3) is 2.82. The molecule has 0 radical (unpaired) electrons. The highest BCUT2D eigenvalue weighted by Crippen LogP contribution is 2.25. The Morgan fingerprint density at radius 3 is 2.83 bits per heavy atom. The first-order valence-corrected chi connectivity index (χ1v) is 8.06. The second-order valence-electron chi connectivity index (χ2n) is 5.93. The number of hydrogen-bond donors (Lipinski definition) is 1. The maximum absolute atomic E-state index is 12.5. The van der Waals surface area contributed by atoms with Gasteiger partial charge >= 0.3 is 6.03 Å². The van der Waals surface area contributed by atoms with Crippen molar-refractivity contribution in [2.45, 2.75) is 6.42 Å². The summed E-state index contributed by atoms with van der Waals surface area (Å²) in [5.41, 5.74) is 3.28. The molecular weight excluding hydrogens is 292 g/mol. The van der Waals surface area contributed by atoms with E-state index in [0.29, 0.717) is 32.8 Å². The number of nitrogens with zero attached hydrogens (tertiary/aromatic N) is 3. The second-order valence-corrected chi connectivity index (χ2v) is 5.93. The van der Waals surface area contributed by atoms with Gasteiger partial charge in [0.15, 0.2) is 0 Å². The third-order valence-corrected chi connectivity index (χ3v) is 4.50. The summed E-state index contributed by atoms with van der Waals surface area (Å²) in [6, 6.07) is 6.26. The SMILES string of the molecule is O=C(N1CC=C(c2cc3cccnc3[nH]2)CC1)N1CCOCC1. The van der Waals surface area contributed by atoms with Crippen molar-refractivity contribution >= 4 is 22.6 Å². The molecule has 2 aliphatic rings. The number of H-pyrrole nitrogens is 1. The Hall–Kier alpha value is -2.34. The largest absolute Gasteiger partial charge is 0.378 e. The number of nitrogens with one attached hydrogen (secondary N) is 1. The van der Waals surface area contributed by atoms with Gasteiger partial charge in [0, 0.05) is 43.5 Å². The predicted octanol–water partition coefficient (Wildman–Crippen LogP) is 2.10. The van der Waals surface area contributed by atoms with Crippen LogP contribution < -0.4 is 0 Å². The molecule has 2 aliphatic heterocycles. The molecule has 1 N–H and O–H groups in total. The average molecular weight is 312 g/mol.